The fourth-order valence-electron chi connectivity index (χ4n) is 3.33. The molecule has 116 valence electrons. The van der Waals surface area contributed by atoms with E-state index in [1.165, 1.54) is 0 Å². The molecule has 0 heterocycles. The number of hydrogen-bond acceptors (Lipinski definition) is 3. The minimum Gasteiger partial charge on any atom is -0.497 e. The van der Waals surface area contributed by atoms with Gasteiger partial charge in [-0.15, -0.1) is 0 Å². The Morgan fingerprint density at radius 1 is 1.29 bits per heavy atom. The predicted molar refractivity (Wildman–Crippen MR) is 83.3 cm³/mol. The lowest BCUT2D eigenvalue weighted by molar-refractivity contribution is -0.137. The lowest BCUT2D eigenvalue weighted by Gasteiger charge is -2.51. The molecular weight excluding hydrogens is 264 g/mol. The molecule has 1 aromatic rings. The molecule has 3 nitrogen and oxygen atoms in total. The van der Waals surface area contributed by atoms with Gasteiger partial charge in [-0.25, -0.2) is 0 Å². The maximum atomic E-state index is 11.5. The highest BCUT2D eigenvalue weighted by atomic mass is 16.5. The van der Waals surface area contributed by atoms with Gasteiger partial charge >= 0.3 is 0 Å². The topological polar surface area (TPSA) is 35.5 Å². The zero-order chi connectivity index (χ0) is 15.5. The summed E-state index contributed by atoms with van der Waals surface area (Å²) >= 11 is 0. The van der Waals surface area contributed by atoms with Crippen molar-refractivity contribution in [2.24, 2.45) is 17.3 Å². The van der Waals surface area contributed by atoms with Crippen LogP contribution in [0.1, 0.15) is 39.2 Å². The summed E-state index contributed by atoms with van der Waals surface area (Å²) in [5, 5.41) is 0. The standard InChI is InChI=1S/C18H26O3/c1-13(19)17-11-15(18(17,2)3)9-10-21-12-14-5-7-16(20-4)8-6-14/h5-8,15,17H,9-12H2,1-4H3/t15-,17-/m1/s1. The molecule has 2 rings (SSSR count). The van der Waals surface area contributed by atoms with E-state index < -0.39 is 0 Å². The third-order valence-electron chi connectivity index (χ3n) is 5.00. The first-order valence-electron chi connectivity index (χ1n) is 7.66. The van der Waals surface area contributed by atoms with Crippen LogP contribution in [-0.2, 0) is 16.1 Å². The summed E-state index contributed by atoms with van der Waals surface area (Å²) < 4.78 is 10.9. The minimum atomic E-state index is 0.134. The van der Waals surface area contributed by atoms with Gasteiger partial charge in [0, 0.05) is 12.5 Å². The Labute approximate surface area is 127 Å². The molecule has 3 heteroatoms. The van der Waals surface area contributed by atoms with Crippen molar-refractivity contribution in [2.75, 3.05) is 13.7 Å². The average Bonchev–Trinajstić information content (AvgIpc) is 2.45. The Hall–Kier alpha value is -1.35. The quantitative estimate of drug-likeness (QED) is 0.715. The molecule has 1 saturated carbocycles. The van der Waals surface area contributed by atoms with Crippen molar-refractivity contribution in [1.29, 1.82) is 0 Å². The number of ether oxygens (including phenoxy) is 2. The van der Waals surface area contributed by atoms with Crippen molar-refractivity contribution < 1.29 is 14.3 Å². The van der Waals surface area contributed by atoms with E-state index in [1.807, 2.05) is 24.3 Å². The number of hydrogen-bond donors (Lipinski definition) is 0. The van der Waals surface area contributed by atoms with Crippen LogP contribution in [0.25, 0.3) is 0 Å². The molecule has 0 amide bonds. The van der Waals surface area contributed by atoms with Crippen molar-refractivity contribution in [3.05, 3.63) is 29.8 Å². The number of ketones is 1. The van der Waals surface area contributed by atoms with Gasteiger partial charge in [-0.1, -0.05) is 26.0 Å². The molecule has 0 unspecified atom stereocenters. The lowest BCUT2D eigenvalue weighted by Crippen LogP contribution is -2.48. The lowest BCUT2D eigenvalue weighted by atomic mass is 9.53. The first-order valence-corrected chi connectivity index (χ1v) is 7.66. The van der Waals surface area contributed by atoms with Gasteiger partial charge in [0.25, 0.3) is 0 Å². The molecule has 0 N–H and O–H groups in total. The SMILES string of the molecule is COc1ccc(COCC[C@@H]2C[C@H](C(C)=O)C2(C)C)cc1. The maximum absolute atomic E-state index is 11.5. The number of carbonyl (C=O) groups is 1. The highest BCUT2D eigenvalue weighted by molar-refractivity contribution is 5.80. The summed E-state index contributed by atoms with van der Waals surface area (Å²) in [6, 6.07) is 7.95. The van der Waals surface area contributed by atoms with Crippen LogP contribution in [0.4, 0.5) is 0 Å². The van der Waals surface area contributed by atoms with Crippen LogP contribution in [0.5, 0.6) is 5.75 Å². The molecule has 1 aliphatic carbocycles. The molecule has 0 spiro atoms. The summed E-state index contributed by atoms with van der Waals surface area (Å²) in [5.74, 6) is 2.03. The zero-order valence-electron chi connectivity index (χ0n) is 13.5. The van der Waals surface area contributed by atoms with E-state index >= 15 is 0 Å². The Morgan fingerprint density at radius 3 is 2.48 bits per heavy atom. The van der Waals surface area contributed by atoms with Crippen LogP contribution in [0, 0.1) is 17.3 Å². The summed E-state index contributed by atoms with van der Waals surface area (Å²) in [4.78, 5) is 11.5. The Kier molecular flexibility index (Phi) is 5.04. The number of rotatable bonds is 7. The second kappa shape index (κ2) is 6.61. The van der Waals surface area contributed by atoms with E-state index in [4.69, 9.17) is 9.47 Å². The first-order chi connectivity index (χ1) is 9.95. The second-order valence-electron chi connectivity index (χ2n) is 6.61. The van der Waals surface area contributed by atoms with Crippen LogP contribution in [0.3, 0.4) is 0 Å². The van der Waals surface area contributed by atoms with E-state index in [9.17, 15) is 4.79 Å². The molecule has 0 aromatic heterocycles. The fraction of sp³-hybridized carbons (Fsp3) is 0.611. The largest absolute Gasteiger partial charge is 0.497 e. The van der Waals surface area contributed by atoms with Gasteiger partial charge in [-0.3, -0.25) is 4.79 Å². The van der Waals surface area contributed by atoms with Crippen molar-refractivity contribution in [2.45, 2.75) is 40.2 Å². The Balaban J connectivity index is 1.69. The van der Waals surface area contributed by atoms with Gasteiger partial charge < -0.3 is 9.47 Å². The summed E-state index contributed by atoms with van der Waals surface area (Å²) in [7, 11) is 1.67. The van der Waals surface area contributed by atoms with E-state index in [0.29, 0.717) is 18.3 Å². The van der Waals surface area contributed by atoms with Crippen LogP contribution >= 0.6 is 0 Å². The zero-order valence-corrected chi connectivity index (χ0v) is 13.5. The smallest absolute Gasteiger partial charge is 0.133 e. The molecular formula is C18H26O3. The molecule has 2 atom stereocenters. The minimum absolute atomic E-state index is 0.134. The number of methoxy groups -OCH3 is 1. The Morgan fingerprint density at radius 2 is 1.95 bits per heavy atom. The van der Waals surface area contributed by atoms with Crippen LogP contribution in [0.15, 0.2) is 24.3 Å². The fourth-order valence-corrected chi connectivity index (χ4v) is 3.33. The van der Waals surface area contributed by atoms with Crippen molar-refractivity contribution >= 4 is 5.78 Å². The summed E-state index contributed by atoms with van der Waals surface area (Å²) in [6.07, 6.45) is 2.06. The summed E-state index contributed by atoms with van der Waals surface area (Å²) in [5.41, 5.74) is 1.29. The van der Waals surface area contributed by atoms with E-state index in [2.05, 4.69) is 13.8 Å². The highest BCUT2D eigenvalue weighted by Gasteiger charge is 2.49. The van der Waals surface area contributed by atoms with Crippen LogP contribution < -0.4 is 4.74 Å². The normalized spacial score (nSPS) is 23.4. The van der Waals surface area contributed by atoms with E-state index in [1.54, 1.807) is 14.0 Å². The molecule has 21 heavy (non-hydrogen) atoms. The van der Waals surface area contributed by atoms with Gasteiger partial charge in [-0.05, 0) is 48.8 Å². The van der Waals surface area contributed by atoms with E-state index in [0.717, 1.165) is 30.8 Å². The number of Topliss-reactive ketones (excluding diaryl/α,β-unsaturated/α-hetero) is 1. The molecule has 0 radical (unpaired) electrons. The molecule has 1 aromatic carbocycles. The van der Waals surface area contributed by atoms with Gasteiger partial charge in [0.05, 0.1) is 13.7 Å². The number of benzene rings is 1. The van der Waals surface area contributed by atoms with Gasteiger partial charge in [0.2, 0.25) is 0 Å². The number of carbonyl (C=O) groups excluding carboxylic acids is 1. The highest BCUT2D eigenvalue weighted by Crippen LogP contribution is 2.53. The van der Waals surface area contributed by atoms with Crippen LogP contribution in [0.2, 0.25) is 0 Å². The third-order valence-corrected chi connectivity index (χ3v) is 5.00. The van der Waals surface area contributed by atoms with Crippen molar-refractivity contribution in [3.8, 4) is 5.75 Å². The first kappa shape index (κ1) is 16.0. The van der Waals surface area contributed by atoms with Gasteiger partial charge in [0.15, 0.2) is 0 Å². The van der Waals surface area contributed by atoms with Crippen LogP contribution in [-0.4, -0.2) is 19.5 Å². The summed E-state index contributed by atoms with van der Waals surface area (Å²) in [6.45, 7) is 7.51. The van der Waals surface area contributed by atoms with E-state index in [-0.39, 0.29) is 11.3 Å². The maximum Gasteiger partial charge on any atom is 0.133 e. The molecule has 0 bridgehead atoms. The van der Waals surface area contributed by atoms with Gasteiger partial charge in [-0.2, -0.15) is 0 Å². The Bertz CT molecular complexity index is 476. The molecule has 0 saturated heterocycles. The molecule has 1 fully saturated rings. The third kappa shape index (κ3) is 3.65. The molecule has 1 aliphatic rings. The van der Waals surface area contributed by atoms with Crippen molar-refractivity contribution in [3.63, 3.8) is 0 Å². The molecule has 0 aliphatic heterocycles. The van der Waals surface area contributed by atoms with Gasteiger partial charge in [0.1, 0.15) is 11.5 Å². The predicted octanol–water partition coefficient (Wildman–Crippen LogP) is 3.85. The second-order valence-corrected chi connectivity index (χ2v) is 6.61. The monoisotopic (exact) mass is 290 g/mol. The average molecular weight is 290 g/mol. The van der Waals surface area contributed by atoms with Crippen molar-refractivity contribution in [1.82, 2.24) is 0 Å².